The number of ketones is 3. The van der Waals surface area contributed by atoms with E-state index in [1.807, 2.05) is 0 Å². The largest absolute Gasteiger partial charge is 0.504 e. The molecule has 0 atom stereocenters. The van der Waals surface area contributed by atoms with Gasteiger partial charge in [-0.2, -0.15) is 0 Å². The van der Waals surface area contributed by atoms with Crippen molar-refractivity contribution in [2.45, 2.75) is 0 Å². The number of Topliss-reactive ketones (excluding diaryl/α,β-unsaturated/α-hetero) is 3. The van der Waals surface area contributed by atoms with Crippen LogP contribution in [0.5, 0.6) is 34.5 Å². The number of phenols is 6. The maximum atomic E-state index is 13.3. The zero-order valence-electron chi connectivity index (χ0n) is 19.0. The van der Waals surface area contributed by atoms with Gasteiger partial charge in [0.25, 0.3) is 5.78 Å². The van der Waals surface area contributed by atoms with Crippen molar-refractivity contribution < 1.29 is 45.0 Å². The lowest BCUT2D eigenvalue weighted by molar-refractivity contribution is -0.111. The fraction of sp³-hybridized carbons (Fsp3) is 0. The molecule has 0 aliphatic rings. The van der Waals surface area contributed by atoms with E-state index in [9.17, 15) is 45.0 Å². The van der Waals surface area contributed by atoms with Crippen LogP contribution in [0.4, 0.5) is 0 Å². The van der Waals surface area contributed by atoms with Gasteiger partial charge in [-0.25, -0.2) is 0 Å². The van der Waals surface area contributed by atoms with Crippen molar-refractivity contribution in [1.82, 2.24) is 6.15 Å². The summed E-state index contributed by atoms with van der Waals surface area (Å²) in [7, 11) is 0. The molecule has 10 nitrogen and oxygen atoms in total. The van der Waals surface area contributed by atoms with Crippen LogP contribution in [0.15, 0.2) is 72.8 Å². The lowest BCUT2D eigenvalue weighted by Crippen LogP contribution is -2.25. The molecule has 0 aliphatic heterocycles. The summed E-state index contributed by atoms with van der Waals surface area (Å²) in [4.78, 5) is 39.0. The van der Waals surface area contributed by atoms with Gasteiger partial charge in [0.2, 0.25) is 11.6 Å². The topological polar surface area (TPSA) is 208 Å². The van der Waals surface area contributed by atoms with E-state index in [0.717, 1.165) is 36.4 Å². The predicted molar refractivity (Wildman–Crippen MR) is 132 cm³/mol. The molecule has 188 valence electrons. The van der Waals surface area contributed by atoms with E-state index in [1.54, 1.807) is 30.3 Å². The predicted octanol–water partition coefficient (Wildman–Crippen LogP) is 4.05. The Morgan fingerprint density at radius 3 is 1.73 bits per heavy atom. The van der Waals surface area contributed by atoms with Gasteiger partial charge < -0.3 is 36.8 Å². The molecule has 0 bridgehead atoms. The average molecular weight is 503 g/mol. The summed E-state index contributed by atoms with van der Waals surface area (Å²) in [6.45, 7) is 0. The van der Waals surface area contributed by atoms with Crippen molar-refractivity contribution >= 4 is 17.3 Å². The Morgan fingerprint density at radius 1 is 0.541 bits per heavy atom. The summed E-state index contributed by atoms with van der Waals surface area (Å²) < 4.78 is 0. The van der Waals surface area contributed by atoms with Crippen LogP contribution >= 0.6 is 0 Å². The van der Waals surface area contributed by atoms with Crippen molar-refractivity contribution in [3.63, 3.8) is 0 Å². The Labute approximate surface area is 209 Å². The van der Waals surface area contributed by atoms with Crippen LogP contribution in [0.2, 0.25) is 0 Å². The van der Waals surface area contributed by atoms with E-state index in [0.29, 0.717) is 5.56 Å². The molecule has 0 aliphatic carbocycles. The lowest BCUT2D eigenvalue weighted by atomic mass is 9.88. The van der Waals surface area contributed by atoms with Crippen molar-refractivity contribution in [3.8, 4) is 56.8 Å². The van der Waals surface area contributed by atoms with Gasteiger partial charge in [0.1, 0.15) is 0 Å². The summed E-state index contributed by atoms with van der Waals surface area (Å²) in [6, 6.07) is 15.5. The maximum Gasteiger partial charge on any atom is 0.273 e. The summed E-state index contributed by atoms with van der Waals surface area (Å²) >= 11 is 0. The van der Waals surface area contributed by atoms with Crippen LogP contribution in [-0.4, -0.2) is 48.0 Å². The molecule has 0 saturated carbocycles. The fourth-order valence-corrected chi connectivity index (χ4v) is 3.67. The number of benzene rings is 4. The van der Waals surface area contributed by atoms with Gasteiger partial charge in [-0.3, -0.25) is 14.4 Å². The van der Waals surface area contributed by atoms with E-state index < -0.39 is 57.4 Å². The van der Waals surface area contributed by atoms with Crippen molar-refractivity contribution in [2.75, 3.05) is 0 Å². The SMILES string of the molecule is N.O=C(C(=O)c1ccc(O)c(O)c1)C(=O)c1cc(-c2ccccc2)c(O)c(O)c1-c1ccc(O)c(O)c1. The summed E-state index contributed by atoms with van der Waals surface area (Å²) in [6.07, 6.45) is 0. The third-order valence-corrected chi connectivity index (χ3v) is 5.52. The molecule has 0 aromatic heterocycles. The second-order valence-electron chi connectivity index (χ2n) is 7.80. The Balaban J connectivity index is 0.00000380. The molecular formula is C27H21NO9. The minimum atomic E-state index is -1.52. The van der Waals surface area contributed by atoms with Crippen LogP contribution in [-0.2, 0) is 4.79 Å². The first-order valence-electron chi connectivity index (χ1n) is 10.4. The van der Waals surface area contributed by atoms with Crippen LogP contribution in [0.3, 0.4) is 0 Å². The molecule has 4 rings (SSSR count). The van der Waals surface area contributed by atoms with E-state index >= 15 is 0 Å². The molecule has 0 spiro atoms. The molecule has 4 aromatic rings. The second kappa shape index (κ2) is 10.1. The molecule has 10 heteroatoms. The first kappa shape index (κ1) is 26.3. The molecule has 37 heavy (non-hydrogen) atoms. The third-order valence-electron chi connectivity index (χ3n) is 5.52. The average Bonchev–Trinajstić information content (AvgIpc) is 2.88. The number of rotatable bonds is 6. The maximum absolute atomic E-state index is 13.3. The van der Waals surface area contributed by atoms with Crippen molar-refractivity contribution in [3.05, 3.63) is 83.9 Å². The molecular weight excluding hydrogens is 482 g/mol. The number of hydrogen-bond acceptors (Lipinski definition) is 10. The molecule has 9 N–H and O–H groups in total. The molecule has 0 fully saturated rings. The Bertz CT molecular complexity index is 1550. The van der Waals surface area contributed by atoms with E-state index in [2.05, 4.69) is 0 Å². The number of aromatic hydroxyl groups is 6. The minimum Gasteiger partial charge on any atom is -0.504 e. The Hall–Kier alpha value is -5.35. The van der Waals surface area contributed by atoms with Crippen molar-refractivity contribution in [2.24, 2.45) is 0 Å². The fourth-order valence-electron chi connectivity index (χ4n) is 3.67. The van der Waals surface area contributed by atoms with Gasteiger partial charge in [-0.15, -0.1) is 0 Å². The molecule has 0 unspecified atom stereocenters. The Morgan fingerprint density at radius 2 is 1.14 bits per heavy atom. The van der Waals surface area contributed by atoms with Gasteiger partial charge in [0.05, 0.1) is 0 Å². The van der Waals surface area contributed by atoms with Gasteiger partial charge in [0, 0.05) is 22.3 Å². The number of carbonyl (C=O) groups is 3. The highest BCUT2D eigenvalue weighted by Gasteiger charge is 2.31. The molecule has 0 heterocycles. The molecule has 4 aromatic carbocycles. The first-order valence-corrected chi connectivity index (χ1v) is 10.4. The monoisotopic (exact) mass is 503 g/mol. The van der Waals surface area contributed by atoms with Gasteiger partial charge in [-0.05, 0) is 47.5 Å². The quantitative estimate of drug-likeness (QED) is 0.0868. The van der Waals surface area contributed by atoms with E-state index in [-0.39, 0.29) is 28.4 Å². The van der Waals surface area contributed by atoms with Crippen molar-refractivity contribution in [1.29, 1.82) is 0 Å². The van der Waals surface area contributed by atoms with Crippen LogP contribution in [0.1, 0.15) is 20.7 Å². The van der Waals surface area contributed by atoms with Gasteiger partial charge >= 0.3 is 0 Å². The van der Waals surface area contributed by atoms with Gasteiger partial charge in [0.15, 0.2) is 34.5 Å². The highest BCUT2D eigenvalue weighted by molar-refractivity contribution is 6.70. The second-order valence-corrected chi connectivity index (χ2v) is 7.80. The molecule has 0 saturated heterocycles. The molecule has 0 amide bonds. The van der Waals surface area contributed by atoms with Crippen LogP contribution < -0.4 is 6.15 Å². The number of carbonyl (C=O) groups excluding carboxylic acids is 3. The standard InChI is InChI=1S/C27H18O9.H3N/c28-18-8-6-14(10-20(18)30)22-17(12-16(24(33)26(22)35)13-4-2-1-3-5-13)25(34)27(36)23(32)15-7-9-19(29)21(31)11-15;/h1-12,28-31,33,35H;1H3. The van der Waals surface area contributed by atoms with Gasteiger partial charge in [-0.1, -0.05) is 36.4 Å². The number of phenolic OH excluding ortho intramolecular Hbond substituents is 6. The smallest absolute Gasteiger partial charge is 0.273 e. The van der Waals surface area contributed by atoms with Crippen LogP contribution in [0, 0.1) is 0 Å². The van der Waals surface area contributed by atoms with E-state index in [4.69, 9.17) is 0 Å². The third kappa shape index (κ3) is 4.77. The first-order chi connectivity index (χ1) is 17.1. The summed E-state index contributed by atoms with van der Waals surface area (Å²) in [5, 5.41) is 60.3. The molecule has 0 radical (unpaired) electrons. The summed E-state index contributed by atoms with van der Waals surface area (Å²) in [5.74, 6) is -7.87. The Kier molecular flexibility index (Phi) is 7.17. The minimum absolute atomic E-state index is 0. The zero-order chi connectivity index (χ0) is 26.1. The zero-order valence-corrected chi connectivity index (χ0v) is 19.0. The van der Waals surface area contributed by atoms with Crippen LogP contribution in [0.25, 0.3) is 22.3 Å². The highest BCUT2D eigenvalue weighted by atomic mass is 16.3. The summed E-state index contributed by atoms with van der Waals surface area (Å²) in [5.41, 5.74) is -0.840. The highest BCUT2D eigenvalue weighted by Crippen LogP contribution is 2.47. The van der Waals surface area contributed by atoms with E-state index in [1.165, 1.54) is 6.07 Å². The lowest BCUT2D eigenvalue weighted by Gasteiger charge is -2.16. The normalized spacial score (nSPS) is 10.4. The number of hydrogen-bond donors (Lipinski definition) is 7.